The summed E-state index contributed by atoms with van der Waals surface area (Å²) in [5.74, 6) is 0. The van der Waals surface area contributed by atoms with E-state index >= 15 is 0 Å². The predicted octanol–water partition coefficient (Wildman–Crippen LogP) is 2.10. The molecule has 5 heteroatoms. The summed E-state index contributed by atoms with van der Waals surface area (Å²) in [5, 5.41) is 16.8. The minimum atomic E-state index is -4.51. The van der Waals surface area contributed by atoms with Crippen LogP contribution in [0.2, 0.25) is 0 Å². The normalized spacial score (nSPS) is 13.4. The zero-order valence-corrected chi connectivity index (χ0v) is 8.53. The molecule has 0 aliphatic carbocycles. The highest BCUT2D eigenvalue weighted by atomic mass is 19.4. The van der Waals surface area contributed by atoms with E-state index in [1.807, 2.05) is 0 Å². The molecule has 0 fully saturated rings. The van der Waals surface area contributed by atoms with E-state index in [2.05, 4.69) is 0 Å². The van der Waals surface area contributed by atoms with Crippen LogP contribution in [0.4, 0.5) is 13.2 Å². The molecule has 0 saturated carbocycles. The van der Waals surface area contributed by atoms with Gasteiger partial charge < -0.3 is 10.2 Å². The van der Waals surface area contributed by atoms with Gasteiger partial charge in [-0.25, -0.2) is 0 Å². The van der Waals surface area contributed by atoms with Crippen molar-refractivity contribution in [3.05, 3.63) is 0 Å². The molecule has 0 radical (unpaired) electrons. The number of alkyl halides is 3. The summed E-state index contributed by atoms with van der Waals surface area (Å²) >= 11 is 0. The van der Waals surface area contributed by atoms with Crippen molar-refractivity contribution in [2.24, 2.45) is 0 Å². The van der Waals surface area contributed by atoms with Gasteiger partial charge in [-0.05, 0) is 34.6 Å². The highest BCUT2D eigenvalue weighted by molar-refractivity contribution is 4.74. The van der Waals surface area contributed by atoms with Gasteiger partial charge >= 0.3 is 6.18 Å². The number of rotatable bonds is 0. The van der Waals surface area contributed by atoms with Crippen LogP contribution < -0.4 is 0 Å². The Morgan fingerprint density at radius 3 is 0.846 bits per heavy atom. The summed E-state index contributed by atoms with van der Waals surface area (Å²) in [5.41, 5.74) is -3.06. The van der Waals surface area contributed by atoms with Crippen LogP contribution in [0, 0.1) is 0 Å². The lowest BCUT2D eigenvalue weighted by Gasteiger charge is -2.20. The smallest absolute Gasteiger partial charge is 0.391 e. The van der Waals surface area contributed by atoms with E-state index in [4.69, 9.17) is 10.2 Å². The average molecular weight is 202 g/mol. The maximum Gasteiger partial charge on any atom is 0.416 e. The van der Waals surface area contributed by atoms with Crippen LogP contribution in [-0.4, -0.2) is 27.6 Å². The number of hydrogen-bond acceptors (Lipinski definition) is 2. The van der Waals surface area contributed by atoms with Crippen molar-refractivity contribution in [2.45, 2.75) is 52.0 Å². The van der Waals surface area contributed by atoms with E-state index < -0.39 is 17.4 Å². The topological polar surface area (TPSA) is 40.5 Å². The molecule has 13 heavy (non-hydrogen) atoms. The Hall–Kier alpha value is -0.290. The molecule has 0 rings (SSSR count). The molecular formula is C8H17F3O2. The lowest BCUT2D eigenvalue weighted by molar-refractivity contribution is -0.245. The molecule has 0 aromatic heterocycles. The Labute approximate surface area is 76.4 Å². The van der Waals surface area contributed by atoms with Crippen LogP contribution in [0.25, 0.3) is 0 Å². The minimum absolute atomic E-state index is 0.500. The van der Waals surface area contributed by atoms with Crippen molar-refractivity contribution >= 4 is 0 Å². The second-order valence-electron chi connectivity index (χ2n) is 4.23. The fourth-order valence-electron chi connectivity index (χ4n) is 0. The Kier molecular flexibility index (Phi) is 5.01. The summed E-state index contributed by atoms with van der Waals surface area (Å²) in [4.78, 5) is 0. The highest BCUT2D eigenvalue weighted by Crippen LogP contribution is 2.28. The first-order valence-corrected chi connectivity index (χ1v) is 3.76. The molecule has 0 unspecified atom stereocenters. The van der Waals surface area contributed by atoms with Crippen LogP contribution in [-0.2, 0) is 0 Å². The quantitative estimate of drug-likeness (QED) is 0.631. The van der Waals surface area contributed by atoms with Gasteiger partial charge in [-0.1, -0.05) is 0 Å². The van der Waals surface area contributed by atoms with Gasteiger partial charge in [0.25, 0.3) is 0 Å². The second-order valence-corrected chi connectivity index (χ2v) is 4.23. The van der Waals surface area contributed by atoms with E-state index in [9.17, 15) is 13.2 Å². The van der Waals surface area contributed by atoms with Gasteiger partial charge in [0.15, 0.2) is 5.60 Å². The molecule has 82 valence electrons. The molecule has 0 amide bonds. The van der Waals surface area contributed by atoms with Gasteiger partial charge in [-0.2, -0.15) is 13.2 Å². The summed E-state index contributed by atoms with van der Waals surface area (Å²) in [6.45, 7) is 6.63. The maximum atomic E-state index is 11.3. The molecule has 2 nitrogen and oxygen atoms in total. The van der Waals surface area contributed by atoms with Gasteiger partial charge in [0, 0.05) is 0 Å². The van der Waals surface area contributed by atoms with Crippen molar-refractivity contribution in [3.8, 4) is 0 Å². The highest BCUT2D eigenvalue weighted by Gasteiger charge is 2.45. The third kappa shape index (κ3) is 14.6. The van der Waals surface area contributed by atoms with E-state index in [0.29, 0.717) is 13.8 Å². The molecule has 0 spiro atoms. The van der Waals surface area contributed by atoms with Crippen LogP contribution in [0.5, 0.6) is 0 Å². The molecule has 0 bridgehead atoms. The predicted molar refractivity (Wildman–Crippen MR) is 44.3 cm³/mol. The lowest BCUT2D eigenvalue weighted by Crippen LogP contribution is -2.38. The Morgan fingerprint density at radius 1 is 0.769 bits per heavy atom. The van der Waals surface area contributed by atoms with Crippen molar-refractivity contribution in [1.29, 1.82) is 0 Å². The molecule has 0 aromatic rings. The third-order valence-corrected chi connectivity index (χ3v) is 0.694. The molecule has 0 heterocycles. The Bertz CT molecular complexity index is 121. The summed E-state index contributed by atoms with van der Waals surface area (Å²) in [6.07, 6.45) is -4.51. The summed E-state index contributed by atoms with van der Waals surface area (Å²) in [7, 11) is 0. The first-order valence-electron chi connectivity index (χ1n) is 3.76. The standard InChI is InChI=1S/C4H7F3O.C4H10O/c1-3(2,8)4(5,6)7;1-4(2,3)5/h8H,1-2H3;5H,1-3H3. The monoisotopic (exact) mass is 202 g/mol. The fourth-order valence-corrected chi connectivity index (χ4v) is 0. The molecule has 0 saturated heterocycles. The maximum absolute atomic E-state index is 11.3. The average Bonchev–Trinajstić information content (AvgIpc) is 1.50. The molecule has 2 N–H and O–H groups in total. The summed E-state index contributed by atoms with van der Waals surface area (Å²) in [6, 6.07) is 0. The van der Waals surface area contributed by atoms with E-state index in [0.717, 1.165) is 0 Å². The van der Waals surface area contributed by atoms with Crippen LogP contribution in [0.15, 0.2) is 0 Å². The Morgan fingerprint density at radius 2 is 0.846 bits per heavy atom. The number of aliphatic hydroxyl groups is 2. The van der Waals surface area contributed by atoms with Gasteiger partial charge in [0.1, 0.15) is 0 Å². The molecule has 0 atom stereocenters. The number of halogens is 3. The lowest BCUT2D eigenvalue weighted by atomic mass is 10.1. The molecular weight excluding hydrogens is 185 g/mol. The van der Waals surface area contributed by atoms with Crippen LogP contribution >= 0.6 is 0 Å². The molecule has 0 aromatic carbocycles. The van der Waals surface area contributed by atoms with Gasteiger partial charge in [0.05, 0.1) is 5.60 Å². The van der Waals surface area contributed by atoms with Gasteiger partial charge in [-0.15, -0.1) is 0 Å². The van der Waals surface area contributed by atoms with Crippen molar-refractivity contribution < 1.29 is 23.4 Å². The second kappa shape index (κ2) is 4.28. The van der Waals surface area contributed by atoms with Crippen molar-refractivity contribution in [2.75, 3.05) is 0 Å². The minimum Gasteiger partial charge on any atom is -0.391 e. The zero-order chi connectivity index (χ0) is 11.5. The Balaban J connectivity index is 0. The van der Waals surface area contributed by atoms with Crippen molar-refractivity contribution in [1.82, 2.24) is 0 Å². The van der Waals surface area contributed by atoms with Gasteiger partial charge in [-0.3, -0.25) is 0 Å². The fraction of sp³-hybridized carbons (Fsp3) is 1.00. The first kappa shape index (κ1) is 15.2. The van der Waals surface area contributed by atoms with E-state index in [1.54, 1.807) is 20.8 Å². The van der Waals surface area contributed by atoms with Crippen LogP contribution in [0.3, 0.4) is 0 Å². The first-order chi connectivity index (χ1) is 5.25. The van der Waals surface area contributed by atoms with Gasteiger partial charge in [0.2, 0.25) is 0 Å². The van der Waals surface area contributed by atoms with E-state index in [1.165, 1.54) is 0 Å². The van der Waals surface area contributed by atoms with Crippen molar-refractivity contribution in [3.63, 3.8) is 0 Å². The van der Waals surface area contributed by atoms with E-state index in [-0.39, 0.29) is 0 Å². The molecule has 0 aliphatic heterocycles. The molecule has 0 aliphatic rings. The summed E-state index contributed by atoms with van der Waals surface area (Å²) < 4.78 is 33.9. The SMILES string of the molecule is CC(C)(C)O.CC(C)(O)C(F)(F)F. The largest absolute Gasteiger partial charge is 0.416 e. The zero-order valence-electron chi connectivity index (χ0n) is 8.53. The van der Waals surface area contributed by atoms with Crippen LogP contribution in [0.1, 0.15) is 34.6 Å². The third-order valence-electron chi connectivity index (χ3n) is 0.694. The number of hydrogen-bond donors (Lipinski definition) is 2.